The molecule has 0 aliphatic heterocycles. The second kappa shape index (κ2) is 3.21. The van der Waals surface area contributed by atoms with Crippen molar-refractivity contribution < 1.29 is 13.9 Å². The van der Waals surface area contributed by atoms with Crippen LogP contribution >= 0.6 is 0 Å². The quantitative estimate of drug-likeness (QED) is 0.643. The van der Waals surface area contributed by atoms with Crippen LogP contribution in [0.25, 0.3) is 0 Å². The van der Waals surface area contributed by atoms with E-state index in [1.807, 2.05) is 0 Å². The summed E-state index contributed by atoms with van der Waals surface area (Å²) in [5, 5.41) is 0. The normalized spacial score (nSPS) is 9.64. The van der Waals surface area contributed by atoms with E-state index in [1.165, 1.54) is 13.4 Å². The highest BCUT2D eigenvalue weighted by atomic mass is 16.5. The summed E-state index contributed by atoms with van der Waals surface area (Å²) in [6, 6.07) is 1.57. The topological polar surface area (TPSA) is 65.5 Å². The van der Waals surface area contributed by atoms with Gasteiger partial charge in [-0.15, -0.1) is 0 Å². The summed E-state index contributed by atoms with van der Waals surface area (Å²) < 4.78 is 9.69. The molecule has 0 aromatic carbocycles. The fourth-order valence-corrected chi connectivity index (χ4v) is 0.754. The first kappa shape index (κ1) is 7.81. The van der Waals surface area contributed by atoms with Crippen LogP contribution in [0.4, 0.5) is 0 Å². The van der Waals surface area contributed by atoms with Gasteiger partial charge < -0.3 is 14.9 Å². The molecule has 4 nitrogen and oxygen atoms in total. The van der Waals surface area contributed by atoms with Crippen LogP contribution in [0.1, 0.15) is 10.6 Å². The Hall–Kier alpha value is -1.29. The van der Waals surface area contributed by atoms with Crippen LogP contribution in [0.2, 0.25) is 0 Å². The summed E-state index contributed by atoms with van der Waals surface area (Å²) in [6.07, 6.45) is 1.39. The molecule has 4 heteroatoms. The number of furan rings is 1. The Labute approximate surface area is 63.9 Å². The molecule has 0 aliphatic rings. The third kappa shape index (κ3) is 1.40. The average Bonchev–Trinajstić information content (AvgIpc) is 2.50. The predicted octanol–water partition coefficient (Wildman–Crippen LogP) is 0.430. The number of carbonyl (C=O) groups is 1. The van der Waals surface area contributed by atoms with E-state index >= 15 is 0 Å². The van der Waals surface area contributed by atoms with Crippen LogP contribution in [0.15, 0.2) is 16.7 Å². The van der Waals surface area contributed by atoms with Crippen LogP contribution in [0.5, 0.6) is 5.75 Å². The molecular weight excluding hydrogens is 146 g/mol. The summed E-state index contributed by atoms with van der Waals surface area (Å²) in [7, 11) is 1.47. The molecule has 0 bridgehead atoms. The van der Waals surface area contributed by atoms with Gasteiger partial charge in [0, 0.05) is 6.07 Å². The maximum atomic E-state index is 11.0. The van der Waals surface area contributed by atoms with E-state index < -0.39 is 0 Å². The first-order valence-corrected chi connectivity index (χ1v) is 3.14. The van der Waals surface area contributed by atoms with Crippen molar-refractivity contribution in [3.63, 3.8) is 0 Å². The van der Waals surface area contributed by atoms with Crippen LogP contribution < -0.4 is 10.5 Å². The number of nitrogens with two attached hydrogens (primary N) is 1. The van der Waals surface area contributed by atoms with Gasteiger partial charge in [-0.05, 0) is 0 Å². The maximum absolute atomic E-state index is 11.0. The summed E-state index contributed by atoms with van der Waals surface area (Å²) in [5.74, 6) is 0.363. The Morgan fingerprint density at radius 3 is 3.09 bits per heavy atom. The minimum Gasteiger partial charge on any atom is -0.493 e. The summed E-state index contributed by atoms with van der Waals surface area (Å²) in [4.78, 5) is 11.0. The lowest BCUT2D eigenvalue weighted by atomic mass is 10.3. The molecule has 0 atom stereocenters. The number of hydrogen-bond acceptors (Lipinski definition) is 4. The zero-order valence-electron chi connectivity index (χ0n) is 6.16. The molecule has 0 fully saturated rings. The van der Waals surface area contributed by atoms with Gasteiger partial charge in [0.25, 0.3) is 0 Å². The molecule has 1 aromatic heterocycles. The molecular formula is C7H9NO3. The second-order valence-electron chi connectivity index (χ2n) is 1.95. The van der Waals surface area contributed by atoms with Crippen LogP contribution in [-0.2, 0) is 0 Å². The second-order valence-corrected chi connectivity index (χ2v) is 1.95. The van der Waals surface area contributed by atoms with Gasteiger partial charge in [0.15, 0.2) is 5.75 Å². The molecule has 0 spiro atoms. The third-order valence-electron chi connectivity index (χ3n) is 1.29. The SMILES string of the molecule is COc1ccoc1C(=O)CN. The Kier molecular flexibility index (Phi) is 2.28. The molecule has 1 heterocycles. The molecule has 11 heavy (non-hydrogen) atoms. The van der Waals surface area contributed by atoms with Crippen molar-refractivity contribution in [1.82, 2.24) is 0 Å². The molecule has 0 saturated carbocycles. The average molecular weight is 155 g/mol. The molecule has 0 radical (unpaired) electrons. The molecule has 60 valence electrons. The lowest BCUT2D eigenvalue weighted by Gasteiger charge is -1.96. The van der Waals surface area contributed by atoms with Crippen LogP contribution in [-0.4, -0.2) is 19.4 Å². The number of hydrogen-bond donors (Lipinski definition) is 1. The van der Waals surface area contributed by atoms with Gasteiger partial charge in [-0.3, -0.25) is 4.79 Å². The van der Waals surface area contributed by atoms with Crippen molar-refractivity contribution in [2.75, 3.05) is 13.7 Å². The van der Waals surface area contributed by atoms with Gasteiger partial charge in [0.05, 0.1) is 19.9 Å². The van der Waals surface area contributed by atoms with Gasteiger partial charge in [0.2, 0.25) is 11.5 Å². The minimum absolute atomic E-state index is 0.0656. The third-order valence-corrected chi connectivity index (χ3v) is 1.29. The number of carbonyl (C=O) groups excluding carboxylic acids is 1. The van der Waals surface area contributed by atoms with Crippen molar-refractivity contribution >= 4 is 5.78 Å². The van der Waals surface area contributed by atoms with E-state index in [0.29, 0.717) is 5.75 Å². The van der Waals surface area contributed by atoms with E-state index in [0.717, 1.165) is 0 Å². The first-order valence-electron chi connectivity index (χ1n) is 3.14. The van der Waals surface area contributed by atoms with Crippen molar-refractivity contribution in [3.8, 4) is 5.75 Å². The predicted molar refractivity (Wildman–Crippen MR) is 38.6 cm³/mol. The number of rotatable bonds is 3. The fourth-order valence-electron chi connectivity index (χ4n) is 0.754. The van der Waals surface area contributed by atoms with E-state index in [9.17, 15) is 4.79 Å². The van der Waals surface area contributed by atoms with E-state index in [2.05, 4.69) is 0 Å². The Morgan fingerprint density at radius 2 is 2.55 bits per heavy atom. The van der Waals surface area contributed by atoms with Gasteiger partial charge in [-0.2, -0.15) is 0 Å². The Morgan fingerprint density at radius 1 is 1.82 bits per heavy atom. The van der Waals surface area contributed by atoms with E-state index in [-0.39, 0.29) is 18.1 Å². The van der Waals surface area contributed by atoms with E-state index in [1.54, 1.807) is 6.07 Å². The minimum atomic E-state index is -0.258. The smallest absolute Gasteiger partial charge is 0.215 e. The molecule has 0 aliphatic carbocycles. The summed E-state index contributed by atoms with van der Waals surface area (Å²) >= 11 is 0. The highest BCUT2D eigenvalue weighted by molar-refractivity contribution is 5.97. The summed E-state index contributed by atoms with van der Waals surface area (Å²) in [6.45, 7) is -0.0656. The number of methoxy groups -OCH3 is 1. The van der Waals surface area contributed by atoms with Crippen molar-refractivity contribution in [2.24, 2.45) is 5.73 Å². The number of ketones is 1. The summed E-state index contributed by atoms with van der Waals surface area (Å²) in [5.41, 5.74) is 5.12. The largest absolute Gasteiger partial charge is 0.493 e. The molecule has 2 N–H and O–H groups in total. The highest BCUT2D eigenvalue weighted by Gasteiger charge is 2.13. The monoisotopic (exact) mass is 155 g/mol. The molecule has 0 amide bonds. The molecule has 1 aromatic rings. The molecule has 1 rings (SSSR count). The van der Waals surface area contributed by atoms with Crippen LogP contribution in [0, 0.1) is 0 Å². The highest BCUT2D eigenvalue weighted by Crippen LogP contribution is 2.18. The molecule has 0 unspecified atom stereocenters. The first-order chi connectivity index (χ1) is 5.29. The zero-order valence-corrected chi connectivity index (χ0v) is 6.16. The van der Waals surface area contributed by atoms with E-state index in [4.69, 9.17) is 14.9 Å². The van der Waals surface area contributed by atoms with Gasteiger partial charge >= 0.3 is 0 Å². The lowest BCUT2D eigenvalue weighted by molar-refractivity contribution is 0.0971. The number of ether oxygens (including phenoxy) is 1. The standard InChI is InChI=1S/C7H9NO3/c1-10-6-2-3-11-7(6)5(9)4-8/h2-3H,4,8H2,1H3. The van der Waals surface area contributed by atoms with Crippen molar-refractivity contribution in [1.29, 1.82) is 0 Å². The van der Waals surface area contributed by atoms with Crippen molar-refractivity contribution in [2.45, 2.75) is 0 Å². The fraction of sp³-hybridized carbons (Fsp3) is 0.286. The van der Waals surface area contributed by atoms with Gasteiger partial charge in [-0.1, -0.05) is 0 Å². The molecule has 0 saturated heterocycles. The zero-order chi connectivity index (χ0) is 8.27. The number of Topliss-reactive ketones (excluding diaryl/α,β-unsaturated/α-hetero) is 1. The lowest BCUT2D eigenvalue weighted by Crippen LogP contribution is -2.13. The van der Waals surface area contributed by atoms with Crippen molar-refractivity contribution in [3.05, 3.63) is 18.1 Å². The Balaban J connectivity index is 2.92. The Bertz CT molecular complexity index is 254. The maximum Gasteiger partial charge on any atom is 0.215 e. The van der Waals surface area contributed by atoms with Gasteiger partial charge in [0.1, 0.15) is 0 Å². The van der Waals surface area contributed by atoms with Crippen LogP contribution in [0.3, 0.4) is 0 Å². The van der Waals surface area contributed by atoms with Gasteiger partial charge in [-0.25, -0.2) is 0 Å².